The normalized spacial score (nSPS) is 20.4. The van der Waals surface area contributed by atoms with Crippen molar-refractivity contribution in [2.75, 3.05) is 4.90 Å². The molecule has 0 amide bonds. The summed E-state index contributed by atoms with van der Waals surface area (Å²) in [5.41, 5.74) is 18.9. The van der Waals surface area contributed by atoms with Gasteiger partial charge in [0, 0.05) is 38.8 Å². The van der Waals surface area contributed by atoms with Crippen molar-refractivity contribution in [3.8, 4) is 27.9 Å². The standard InChI is InChI=1S/C50H38N2/c1-2-12-36(13-3-1)52-46-19-9-7-15-40(46)41-26-25-38(30-48(41)52)51(37-24-22-34-28-33-11-4-5-14-39(33)43(34)29-37)47-20-10-18-45-49(47)42-16-6-8-17-44(42)50(45)31-32-21-23-35(50)27-32/h1-20,22,24-26,29-30,32,35H,21,23,27-28,31H2. The molecule has 2 heteroatoms. The molecule has 4 aliphatic rings. The second kappa shape index (κ2) is 10.6. The molecule has 2 bridgehead atoms. The maximum absolute atomic E-state index is 2.58. The van der Waals surface area contributed by atoms with Crippen molar-refractivity contribution in [2.24, 2.45) is 11.8 Å². The van der Waals surface area contributed by atoms with Crippen LogP contribution >= 0.6 is 0 Å². The third-order valence-electron chi connectivity index (χ3n) is 13.3. The molecule has 1 heterocycles. The number of anilines is 3. The van der Waals surface area contributed by atoms with Crippen LogP contribution in [0.1, 0.15) is 47.9 Å². The molecule has 3 atom stereocenters. The maximum Gasteiger partial charge on any atom is 0.0561 e. The molecule has 2 saturated carbocycles. The summed E-state index contributed by atoms with van der Waals surface area (Å²) in [6.07, 6.45) is 6.38. The topological polar surface area (TPSA) is 8.17 Å². The summed E-state index contributed by atoms with van der Waals surface area (Å²) in [7, 11) is 0. The lowest BCUT2D eigenvalue weighted by Crippen LogP contribution is -2.31. The van der Waals surface area contributed by atoms with Crippen molar-refractivity contribution in [2.45, 2.75) is 37.5 Å². The number of rotatable bonds is 4. The van der Waals surface area contributed by atoms with Crippen LogP contribution in [0, 0.1) is 11.8 Å². The third-order valence-corrected chi connectivity index (χ3v) is 13.3. The predicted octanol–water partition coefficient (Wildman–Crippen LogP) is 12.9. The Morgan fingerprint density at radius 3 is 2.15 bits per heavy atom. The Hall–Kier alpha value is -5.86. The summed E-state index contributed by atoms with van der Waals surface area (Å²) in [6.45, 7) is 0. The summed E-state index contributed by atoms with van der Waals surface area (Å²) < 4.78 is 2.44. The van der Waals surface area contributed by atoms with Gasteiger partial charge in [-0.1, -0.05) is 116 Å². The first-order valence-electron chi connectivity index (χ1n) is 19.1. The van der Waals surface area contributed by atoms with Crippen LogP contribution in [0.3, 0.4) is 0 Å². The lowest BCUT2D eigenvalue weighted by molar-refractivity contribution is 0.327. The lowest BCUT2D eigenvalue weighted by atomic mass is 9.67. The van der Waals surface area contributed by atoms with Crippen molar-refractivity contribution >= 4 is 38.9 Å². The molecule has 3 unspecified atom stereocenters. The van der Waals surface area contributed by atoms with E-state index in [9.17, 15) is 0 Å². The summed E-state index contributed by atoms with van der Waals surface area (Å²) >= 11 is 0. The quantitative estimate of drug-likeness (QED) is 0.181. The fourth-order valence-electron chi connectivity index (χ4n) is 11.2. The largest absolute Gasteiger partial charge is 0.310 e. The first-order valence-corrected chi connectivity index (χ1v) is 19.1. The Kier molecular flexibility index (Phi) is 5.86. The summed E-state index contributed by atoms with van der Waals surface area (Å²) in [6, 6.07) is 59.6. The van der Waals surface area contributed by atoms with Crippen LogP contribution in [0.2, 0.25) is 0 Å². The van der Waals surface area contributed by atoms with E-state index in [2.05, 4.69) is 167 Å². The fourth-order valence-corrected chi connectivity index (χ4v) is 11.2. The van der Waals surface area contributed by atoms with E-state index in [1.165, 1.54) is 104 Å². The van der Waals surface area contributed by atoms with Gasteiger partial charge in [-0.3, -0.25) is 0 Å². The minimum Gasteiger partial charge on any atom is -0.310 e. The maximum atomic E-state index is 2.58. The highest BCUT2D eigenvalue weighted by Crippen LogP contribution is 2.67. The predicted molar refractivity (Wildman–Crippen MR) is 215 cm³/mol. The highest BCUT2D eigenvalue weighted by molar-refractivity contribution is 6.10. The van der Waals surface area contributed by atoms with Crippen LogP contribution in [-0.4, -0.2) is 4.57 Å². The van der Waals surface area contributed by atoms with E-state index >= 15 is 0 Å². The van der Waals surface area contributed by atoms with Gasteiger partial charge in [-0.15, -0.1) is 0 Å². The van der Waals surface area contributed by atoms with Gasteiger partial charge in [-0.25, -0.2) is 0 Å². The molecule has 0 aliphatic heterocycles. The highest BCUT2D eigenvalue weighted by Gasteiger charge is 2.57. The van der Waals surface area contributed by atoms with Crippen LogP contribution in [0.25, 0.3) is 49.7 Å². The molecule has 2 fully saturated rings. The van der Waals surface area contributed by atoms with Crippen molar-refractivity contribution in [3.05, 3.63) is 180 Å². The number of para-hydroxylation sites is 2. The van der Waals surface area contributed by atoms with Crippen molar-refractivity contribution < 1.29 is 0 Å². The van der Waals surface area contributed by atoms with Crippen molar-refractivity contribution in [1.82, 2.24) is 4.57 Å². The SMILES string of the molecule is c1ccc(-n2c3ccccc3c3ccc(N(c4ccc5c(c4)-c4ccccc4C5)c4cccc5c4-c4ccccc4C54CC5CCC4C5)cc32)cc1. The zero-order chi connectivity index (χ0) is 34.0. The number of benzene rings is 7. The van der Waals surface area contributed by atoms with Gasteiger partial charge in [-0.2, -0.15) is 0 Å². The van der Waals surface area contributed by atoms with Gasteiger partial charge in [0.25, 0.3) is 0 Å². The summed E-state index contributed by atoms with van der Waals surface area (Å²) in [5, 5.41) is 2.55. The molecular weight excluding hydrogens is 629 g/mol. The summed E-state index contributed by atoms with van der Waals surface area (Å²) in [4.78, 5) is 2.58. The van der Waals surface area contributed by atoms with E-state index in [4.69, 9.17) is 0 Å². The Bertz CT molecular complexity index is 2750. The number of hydrogen-bond acceptors (Lipinski definition) is 1. The summed E-state index contributed by atoms with van der Waals surface area (Å²) in [5.74, 6) is 1.56. The minimum absolute atomic E-state index is 0.122. The minimum atomic E-state index is 0.122. The lowest BCUT2D eigenvalue weighted by Gasteiger charge is -2.37. The Morgan fingerprint density at radius 1 is 0.538 bits per heavy atom. The molecule has 248 valence electrons. The average Bonchev–Trinajstić information content (AvgIpc) is 4.02. The van der Waals surface area contributed by atoms with E-state index in [1.54, 1.807) is 11.1 Å². The Balaban J connectivity index is 1.14. The van der Waals surface area contributed by atoms with Gasteiger partial charge >= 0.3 is 0 Å². The van der Waals surface area contributed by atoms with Crippen LogP contribution in [0.5, 0.6) is 0 Å². The molecule has 0 saturated heterocycles. The van der Waals surface area contributed by atoms with Crippen LogP contribution in [0.15, 0.2) is 158 Å². The Labute approximate surface area is 304 Å². The van der Waals surface area contributed by atoms with Gasteiger partial charge in [0.1, 0.15) is 0 Å². The zero-order valence-electron chi connectivity index (χ0n) is 29.1. The smallest absolute Gasteiger partial charge is 0.0561 e. The van der Waals surface area contributed by atoms with E-state index in [0.29, 0.717) is 0 Å². The van der Waals surface area contributed by atoms with Gasteiger partial charge < -0.3 is 9.47 Å². The first-order chi connectivity index (χ1) is 25.8. The monoisotopic (exact) mass is 666 g/mol. The molecule has 1 aromatic heterocycles. The molecule has 7 aromatic carbocycles. The van der Waals surface area contributed by atoms with Gasteiger partial charge in [0.15, 0.2) is 0 Å². The number of fused-ring (bicyclic) bond motifs is 14. The van der Waals surface area contributed by atoms with Gasteiger partial charge in [-0.05, 0) is 125 Å². The number of aromatic nitrogens is 1. The van der Waals surface area contributed by atoms with Gasteiger partial charge in [0.05, 0.1) is 16.7 Å². The zero-order valence-corrected chi connectivity index (χ0v) is 29.1. The van der Waals surface area contributed by atoms with E-state index in [1.807, 2.05) is 0 Å². The molecule has 1 spiro atoms. The fraction of sp³-hybridized carbons (Fsp3) is 0.160. The van der Waals surface area contributed by atoms with Crippen LogP contribution in [-0.2, 0) is 11.8 Å². The average molecular weight is 667 g/mol. The van der Waals surface area contributed by atoms with Crippen molar-refractivity contribution in [1.29, 1.82) is 0 Å². The molecule has 12 rings (SSSR count). The molecular formula is C50H38N2. The van der Waals surface area contributed by atoms with E-state index < -0.39 is 0 Å². The molecule has 8 aromatic rings. The van der Waals surface area contributed by atoms with Gasteiger partial charge in [0.2, 0.25) is 0 Å². The first kappa shape index (κ1) is 28.8. The van der Waals surface area contributed by atoms with Crippen LogP contribution < -0.4 is 4.90 Å². The molecule has 2 nitrogen and oxygen atoms in total. The van der Waals surface area contributed by atoms with E-state index in [0.717, 1.165) is 18.3 Å². The van der Waals surface area contributed by atoms with E-state index in [-0.39, 0.29) is 5.41 Å². The highest BCUT2D eigenvalue weighted by atomic mass is 15.1. The number of hydrogen-bond donors (Lipinski definition) is 0. The molecule has 0 N–H and O–H groups in total. The second-order valence-electron chi connectivity index (χ2n) is 15.7. The number of nitrogens with zero attached hydrogens (tertiary/aromatic N) is 2. The second-order valence-corrected chi connectivity index (χ2v) is 15.7. The van der Waals surface area contributed by atoms with Crippen LogP contribution in [0.4, 0.5) is 17.1 Å². The Morgan fingerprint density at radius 2 is 1.27 bits per heavy atom. The molecule has 4 aliphatic carbocycles. The van der Waals surface area contributed by atoms with Crippen molar-refractivity contribution in [3.63, 3.8) is 0 Å². The molecule has 52 heavy (non-hydrogen) atoms. The third kappa shape index (κ3) is 3.79. The molecule has 0 radical (unpaired) electrons.